The molecular weight excluding hydrogens is 430 g/mol. The maximum absolute atomic E-state index is 13.4. The van der Waals surface area contributed by atoms with Crippen LogP contribution in [0.1, 0.15) is 49.3 Å². The first kappa shape index (κ1) is 23.7. The number of pyridine rings is 1. The molecule has 1 amide bonds. The van der Waals surface area contributed by atoms with Crippen LogP contribution in [0, 0.1) is 0 Å². The van der Waals surface area contributed by atoms with Gasteiger partial charge in [0.1, 0.15) is 5.75 Å². The first-order valence-corrected chi connectivity index (χ1v) is 11.8. The molecule has 0 spiro atoms. The van der Waals surface area contributed by atoms with Crippen LogP contribution in [-0.2, 0) is 22.5 Å². The minimum atomic E-state index is -0.966. The number of amides is 1. The van der Waals surface area contributed by atoms with Gasteiger partial charge in [-0.25, -0.2) is 4.79 Å². The SMILES string of the molecule is CCOc1ccc(NC(=O)C(C)OC(=O)c2c3c(nc4ccccc24)CCN(C(C)C)C3)cc1. The molecule has 3 aromatic rings. The topological polar surface area (TPSA) is 80.8 Å². The molecule has 1 aromatic heterocycles. The van der Waals surface area contributed by atoms with E-state index in [9.17, 15) is 9.59 Å². The molecule has 0 radical (unpaired) electrons. The molecule has 1 atom stereocenters. The van der Waals surface area contributed by atoms with Crippen LogP contribution < -0.4 is 10.1 Å². The molecule has 34 heavy (non-hydrogen) atoms. The third-order valence-electron chi connectivity index (χ3n) is 6.10. The van der Waals surface area contributed by atoms with Crippen molar-refractivity contribution in [3.63, 3.8) is 0 Å². The second-order valence-electron chi connectivity index (χ2n) is 8.74. The Morgan fingerprint density at radius 1 is 1.09 bits per heavy atom. The van der Waals surface area contributed by atoms with Crippen molar-refractivity contribution in [3.8, 4) is 5.75 Å². The van der Waals surface area contributed by atoms with Crippen LogP contribution in [0.2, 0.25) is 0 Å². The monoisotopic (exact) mass is 461 g/mol. The summed E-state index contributed by atoms with van der Waals surface area (Å²) >= 11 is 0. The first-order valence-electron chi connectivity index (χ1n) is 11.8. The summed E-state index contributed by atoms with van der Waals surface area (Å²) in [5, 5.41) is 3.54. The number of para-hydroxylation sites is 1. The molecule has 1 N–H and O–H groups in total. The van der Waals surface area contributed by atoms with Crippen molar-refractivity contribution in [1.82, 2.24) is 9.88 Å². The van der Waals surface area contributed by atoms with Gasteiger partial charge >= 0.3 is 5.97 Å². The fraction of sp³-hybridized carbons (Fsp3) is 0.370. The molecule has 1 aliphatic rings. The quantitative estimate of drug-likeness (QED) is 0.519. The maximum atomic E-state index is 13.4. The van der Waals surface area contributed by atoms with Gasteiger partial charge < -0.3 is 14.8 Å². The lowest BCUT2D eigenvalue weighted by atomic mass is 9.95. The standard InChI is InChI=1S/C27H31N3O4/c1-5-33-20-12-10-19(11-13-20)28-26(31)18(4)34-27(32)25-21-8-6-7-9-23(21)29-24-14-15-30(17(2)3)16-22(24)25/h6-13,17-18H,5,14-16H2,1-4H3,(H,28,31). The Hall–Kier alpha value is -3.45. The van der Waals surface area contributed by atoms with Gasteiger partial charge in [-0.3, -0.25) is 14.7 Å². The Balaban J connectivity index is 1.56. The number of carbonyl (C=O) groups excluding carboxylic acids is 2. The average Bonchev–Trinajstić information content (AvgIpc) is 2.83. The highest BCUT2D eigenvalue weighted by Crippen LogP contribution is 2.30. The molecule has 4 rings (SSSR count). The minimum Gasteiger partial charge on any atom is -0.494 e. The van der Waals surface area contributed by atoms with E-state index in [0.717, 1.165) is 40.9 Å². The fourth-order valence-corrected chi connectivity index (χ4v) is 4.20. The molecule has 0 saturated carbocycles. The Bertz CT molecular complexity index is 1190. The van der Waals surface area contributed by atoms with Gasteiger partial charge in [-0.1, -0.05) is 18.2 Å². The zero-order valence-electron chi connectivity index (χ0n) is 20.1. The maximum Gasteiger partial charge on any atom is 0.339 e. The fourth-order valence-electron chi connectivity index (χ4n) is 4.20. The summed E-state index contributed by atoms with van der Waals surface area (Å²) in [6.45, 7) is 9.87. The molecule has 0 fully saturated rings. The van der Waals surface area contributed by atoms with Crippen molar-refractivity contribution in [2.45, 2.75) is 52.8 Å². The Kier molecular flexibility index (Phi) is 7.12. The number of hydrogen-bond donors (Lipinski definition) is 1. The highest BCUT2D eigenvalue weighted by atomic mass is 16.5. The summed E-state index contributed by atoms with van der Waals surface area (Å²) in [4.78, 5) is 33.3. The average molecular weight is 462 g/mol. The van der Waals surface area contributed by atoms with Gasteiger partial charge in [0.05, 0.1) is 17.7 Å². The van der Waals surface area contributed by atoms with Crippen LogP contribution in [-0.4, -0.2) is 47.1 Å². The van der Waals surface area contributed by atoms with Crippen LogP contribution >= 0.6 is 0 Å². The highest BCUT2D eigenvalue weighted by Gasteiger charge is 2.29. The van der Waals surface area contributed by atoms with Crippen molar-refractivity contribution in [2.24, 2.45) is 0 Å². The van der Waals surface area contributed by atoms with Gasteiger partial charge in [-0.2, -0.15) is 0 Å². The number of carbonyl (C=O) groups is 2. The normalized spacial score (nSPS) is 14.5. The molecule has 7 heteroatoms. The van der Waals surface area contributed by atoms with E-state index in [0.29, 0.717) is 30.4 Å². The first-order chi connectivity index (χ1) is 16.4. The largest absolute Gasteiger partial charge is 0.494 e. The van der Waals surface area contributed by atoms with Crippen molar-refractivity contribution in [1.29, 1.82) is 0 Å². The second-order valence-corrected chi connectivity index (χ2v) is 8.74. The van der Waals surface area contributed by atoms with Crippen LogP contribution in [0.3, 0.4) is 0 Å². The smallest absolute Gasteiger partial charge is 0.339 e. The summed E-state index contributed by atoms with van der Waals surface area (Å²) < 4.78 is 11.1. The number of anilines is 1. The lowest BCUT2D eigenvalue weighted by Crippen LogP contribution is -2.37. The Labute approximate surface area is 200 Å². The molecular formula is C27H31N3O4. The summed E-state index contributed by atoms with van der Waals surface area (Å²) in [6, 6.07) is 15.0. The molecule has 0 bridgehead atoms. The number of esters is 1. The molecule has 0 saturated heterocycles. The van der Waals surface area contributed by atoms with E-state index in [2.05, 4.69) is 24.1 Å². The van der Waals surface area contributed by atoms with E-state index < -0.39 is 18.0 Å². The lowest BCUT2D eigenvalue weighted by Gasteiger charge is -2.32. The molecule has 178 valence electrons. The summed E-state index contributed by atoms with van der Waals surface area (Å²) in [5.41, 5.74) is 3.69. The van der Waals surface area contributed by atoms with E-state index in [1.54, 1.807) is 31.2 Å². The molecule has 1 aliphatic heterocycles. The van der Waals surface area contributed by atoms with Gasteiger partial charge in [0, 0.05) is 47.9 Å². The third kappa shape index (κ3) is 5.04. The highest BCUT2D eigenvalue weighted by molar-refractivity contribution is 6.06. The van der Waals surface area contributed by atoms with E-state index in [-0.39, 0.29) is 0 Å². The zero-order chi connectivity index (χ0) is 24.2. The van der Waals surface area contributed by atoms with Crippen molar-refractivity contribution < 1.29 is 19.1 Å². The second kappa shape index (κ2) is 10.2. The summed E-state index contributed by atoms with van der Waals surface area (Å²) in [6.07, 6.45) is -0.196. The Morgan fingerprint density at radius 2 is 1.82 bits per heavy atom. The lowest BCUT2D eigenvalue weighted by molar-refractivity contribution is -0.123. The van der Waals surface area contributed by atoms with E-state index >= 15 is 0 Å². The number of nitrogens with zero attached hydrogens (tertiary/aromatic N) is 2. The number of ether oxygens (including phenoxy) is 2. The van der Waals surface area contributed by atoms with E-state index in [1.807, 2.05) is 31.2 Å². The predicted octanol–water partition coefficient (Wildman–Crippen LogP) is 4.58. The number of aromatic nitrogens is 1. The third-order valence-corrected chi connectivity index (χ3v) is 6.10. The van der Waals surface area contributed by atoms with Gasteiger partial charge in [-0.05, 0) is 58.0 Å². The minimum absolute atomic E-state index is 0.349. The summed E-state index contributed by atoms with van der Waals surface area (Å²) in [5.74, 6) is -0.173. The molecule has 2 heterocycles. The molecule has 2 aromatic carbocycles. The molecule has 1 unspecified atom stereocenters. The van der Waals surface area contributed by atoms with Crippen LogP contribution in [0.15, 0.2) is 48.5 Å². The summed E-state index contributed by atoms with van der Waals surface area (Å²) in [7, 11) is 0. The number of rotatable bonds is 7. The van der Waals surface area contributed by atoms with Crippen LogP contribution in [0.5, 0.6) is 5.75 Å². The van der Waals surface area contributed by atoms with Gasteiger partial charge in [0.25, 0.3) is 5.91 Å². The van der Waals surface area contributed by atoms with Crippen LogP contribution in [0.25, 0.3) is 10.9 Å². The van der Waals surface area contributed by atoms with Gasteiger partial charge in [0.2, 0.25) is 0 Å². The number of nitrogens with one attached hydrogen (secondary N) is 1. The predicted molar refractivity (Wildman–Crippen MR) is 132 cm³/mol. The number of fused-ring (bicyclic) bond motifs is 2. The van der Waals surface area contributed by atoms with Crippen molar-refractivity contribution >= 4 is 28.5 Å². The van der Waals surface area contributed by atoms with Crippen molar-refractivity contribution in [2.75, 3.05) is 18.5 Å². The van der Waals surface area contributed by atoms with E-state index in [4.69, 9.17) is 14.5 Å². The van der Waals surface area contributed by atoms with Gasteiger partial charge in [-0.15, -0.1) is 0 Å². The zero-order valence-corrected chi connectivity index (χ0v) is 20.1. The van der Waals surface area contributed by atoms with Gasteiger partial charge in [0.15, 0.2) is 6.10 Å². The van der Waals surface area contributed by atoms with E-state index in [1.165, 1.54) is 0 Å². The van der Waals surface area contributed by atoms with Crippen LogP contribution in [0.4, 0.5) is 5.69 Å². The number of hydrogen-bond acceptors (Lipinski definition) is 6. The Morgan fingerprint density at radius 3 is 2.53 bits per heavy atom. The van der Waals surface area contributed by atoms with Crippen molar-refractivity contribution in [3.05, 3.63) is 65.4 Å². The number of benzene rings is 2. The molecule has 7 nitrogen and oxygen atoms in total. The molecule has 0 aliphatic carbocycles.